The van der Waals surface area contributed by atoms with E-state index in [0.29, 0.717) is 17.9 Å². The molecule has 0 spiro atoms. The average molecular weight is 178 g/mol. The molecule has 0 aromatic carbocycles. The lowest BCUT2D eigenvalue weighted by molar-refractivity contribution is 0.0340. The molecule has 4 aliphatic rings. The van der Waals surface area contributed by atoms with Crippen LogP contribution in [0.1, 0.15) is 12.8 Å². The van der Waals surface area contributed by atoms with Gasteiger partial charge in [0.15, 0.2) is 0 Å². The van der Waals surface area contributed by atoms with Crippen LogP contribution >= 0.6 is 0 Å². The van der Waals surface area contributed by atoms with Crippen molar-refractivity contribution in [3.63, 3.8) is 0 Å². The fourth-order valence-corrected chi connectivity index (χ4v) is 3.94. The number of aliphatic hydroxyl groups is 1. The minimum Gasteiger partial charge on any atom is -0.390 e. The number of aliphatic hydroxyl groups excluding tert-OH is 1. The Hall–Kier alpha value is -0.340. The first-order valence-electron chi connectivity index (χ1n) is 5.36. The van der Waals surface area contributed by atoms with E-state index in [9.17, 15) is 5.11 Å². The van der Waals surface area contributed by atoms with Gasteiger partial charge in [0, 0.05) is 0 Å². The average Bonchev–Trinajstić information content (AvgIpc) is 2.64. The second-order valence-corrected chi connectivity index (χ2v) is 5.05. The third-order valence-electron chi connectivity index (χ3n) is 4.55. The van der Waals surface area contributed by atoms with E-state index in [-0.39, 0.29) is 12.2 Å². The van der Waals surface area contributed by atoms with Crippen LogP contribution in [0.25, 0.3) is 0 Å². The van der Waals surface area contributed by atoms with E-state index in [0.717, 1.165) is 11.8 Å². The SMILES string of the molecule is O[C@@H]1[C@H]2O[C@H]2C[C@H]2[C@@H]1[C@H]1C=C[C@@H]2C1. The van der Waals surface area contributed by atoms with Crippen molar-refractivity contribution in [3.8, 4) is 0 Å². The molecule has 0 unspecified atom stereocenters. The van der Waals surface area contributed by atoms with E-state index in [1.165, 1.54) is 12.8 Å². The molecule has 3 fully saturated rings. The molecule has 0 radical (unpaired) electrons. The molecule has 2 bridgehead atoms. The van der Waals surface area contributed by atoms with Crippen molar-refractivity contribution in [1.29, 1.82) is 0 Å². The number of allylic oxidation sites excluding steroid dienone is 2. The van der Waals surface area contributed by atoms with Crippen LogP contribution in [0.5, 0.6) is 0 Å². The largest absolute Gasteiger partial charge is 0.390 e. The topological polar surface area (TPSA) is 32.8 Å². The quantitative estimate of drug-likeness (QED) is 0.442. The Morgan fingerprint density at radius 3 is 2.92 bits per heavy atom. The highest BCUT2D eigenvalue weighted by Crippen LogP contribution is 2.57. The second kappa shape index (κ2) is 2.01. The first-order chi connectivity index (χ1) is 6.34. The summed E-state index contributed by atoms with van der Waals surface area (Å²) in [6.45, 7) is 0. The summed E-state index contributed by atoms with van der Waals surface area (Å²) >= 11 is 0. The van der Waals surface area contributed by atoms with E-state index in [1.807, 2.05) is 0 Å². The molecule has 1 saturated heterocycles. The van der Waals surface area contributed by atoms with Crippen LogP contribution < -0.4 is 0 Å². The zero-order valence-electron chi connectivity index (χ0n) is 7.47. The Morgan fingerprint density at radius 2 is 2.00 bits per heavy atom. The predicted molar refractivity (Wildman–Crippen MR) is 47.0 cm³/mol. The summed E-state index contributed by atoms with van der Waals surface area (Å²) < 4.78 is 5.47. The molecule has 3 aliphatic carbocycles. The summed E-state index contributed by atoms with van der Waals surface area (Å²) in [6.07, 6.45) is 7.63. The monoisotopic (exact) mass is 178 g/mol. The maximum atomic E-state index is 10.1. The fraction of sp³-hybridized carbons (Fsp3) is 0.818. The molecule has 70 valence electrons. The Balaban J connectivity index is 1.74. The van der Waals surface area contributed by atoms with Gasteiger partial charge in [-0.25, -0.2) is 0 Å². The Bertz CT molecular complexity index is 286. The van der Waals surface area contributed by atoms with Gasteiger partial charge in [0.05, 0.1) is 12.2 Å². The Morgan fingerprint density at radius 1 is 1.15 bits per heavy atom. The summed E-state index contributed by atoms with van der Waals surface area (Å²) in [7, 11) is 0. The van der Waals surface area contributed by atoms with Crippen molar-refractivity contribution < 1.29 is 9.84 Å². The van der Waals surface area contributed by atoms with Crippen molar-refractivity contribution in [2.45, 2.75) is 31.2 Å². The second-order valence-electron chi connectivity index (χ2n) is 5.05. The number of hydrogen-bond acceptors (Lipinski definition) is 2. The fourth-order valence-electron chi connectivity index (χ4n) is 3.94. The number of rotatable bonds is 0. The molecule has 2 saturated carbocycles. The number of ether oxygens (including phenoxy) is 1. The van der Waals surface area contributed by atoms with Crippen LogP contribution in [0, 0.1) is 23.7 Å². The minimum absolute atomic E-state index is 0.163. The summed E-state index contributed by atoms with van der Waals surface area (Å²) in [5.41, 5.74) is 0. The van der Waals surface area contributed by atoms with Gasteiger partial charge in [-0.3, -0.25) is 0 Å². The van der Waals surface area contributed by atoms with Gasteiger partial charge in [-0.1, -0.05) is 12.2 Å². The first kappa shape index (κ1) is 7.02. The molecule has 1 N–H and O–H groups in total. The highest BCUT2D eigenvalue weighted by atomic mass is 16.6. The van der Waals surface area contributed by atoms with Gasteiger partial charge in [-0.05, 0) is 36.5 Å². The minimum atomic E-state index is -0.163. The van der Waals surface area contributed by atoms with Crippen molar-refractivity contribution in [2.75, 3.05) is 0 Å². The number of fused-ring (bicyclic) bond motifs is 6. The summed E-state index contributed by atoms with van der Waals surface area (Å²) in [5.74, 6) is 2.68. The highest BCUT2D eigenvalue weighted by molar-refractivity contribution is 5.19. The third kappa shape index (κ3) is 0.728. The van der Waals surface area contributed by atoms with Gasteiger partial charge in [0.25, 0.3) is 0 Å². The Kier molecular flexibility index (Phi) is 1.09. The summed E-state index contributed by atoms with van der Waals surface area (Å²) in [4.78, 5) is 0. The molecule has 4 rings (SSSR count). The third-order valence-corrected chi connectivity index (χ3v) is 4.55. The highest BCUT2D eigenvalue weighted by Gasteiger charge is 2.60. The van der Waals surface area contributed by atoms with Gasteiger partial charge < -0.3 is 9.84 Å². The van der Waals surface area contributed by atoms with Gasteiger partial charge >= 0.3 is 0 Å². The molecule has 1 heterocycles. The van der Waals surface area contributed by atoms with E-state index in [2.05, 4.69) is 12.2 Å². The summed E-state index contributed by atoms with van der Waals surface area (Å²) in [5, 5.41) is 10.1. The molecule has 7 atom stereocenters. The first-order valence-corrected chi connectivity index (χ1v) is 5.36. The Labute approximate surface area is 77.6 Å². The predicted octanol–water partition coefficient (Wildman–Crippen LogP) is 0.957. The molecule has 1 aliphatic heterocycles. The zero-order chi connectivity index (χ0) is 8.58. The van der Waals surface area contributed by atoms with Crippen molar-refractivity contribution in [2.24, 2.45) is 23.7 Å². The molecule has 0 aromatic heterocycles. The standard InChI is InChI=1S/C11H14O2/c12-10-9-6-2-1-5(3-6)7(9)4-8-11(10)13-8/h1-2,5-12H,3-4H2/t5-,6+,7-,8+,9+,10+,11+/m1/s1. The van der Waals surface area contributed by atoms with E-state index in [4.69, 9.17) is 4.74 Å². The van der Waals surface area contributed by atoms with E-state index >= 15 is 0 Å². The van der Waals surface area contributed by atoms with Crippen LogP contribution in [-0.4, -0.2) is 23.4 Å². The van der Waals surface area contributed by atoms with Crippen molar-refractivity contribution in [3.05, 3.63) is 12.2 Å². The lowest BCUT2D eigenvalue weighted by Crippen LogP contribution is -2.40. The molecule has 0 amide bonds. The normalized spacial score (nSPS) is 66.4. The van der Waals surface area contributed by atoms with Crippen molar-refractivity contribution >= 4 is 0 Å². The smallest absolute Gasteiger partial charge is 0.110 e. The zero-order valence-corrected chi connectivity index (χ0v) is 7.47. The van der Waals surface area contributed by atoms with Gasteiger partial charge in [-0.15, -0.1) is 0 Å². The van der Waals surface area contributed by atoms with Crippen molar-refractivity contribution in [1.82, 2.24) is 0 Å². The van der Waals surface area contributed by atoms with Gasteiger partial charge in [0.1, 0.15) is 6.10 Å². The van der Waals surface area contributed by atoms with E-state index < -0.39 is 0 Å². The molecule has 0 aromatic rings. The van der Waals surface area contributed by atoms with Crippen LogP contribution in [0.3, 0.4) is 0 Å². The molecule has 13 heavy (non-hydrogen) atoms. The lowest BCUT2D eigenvalue weighted by Gasteiger charge is -2.33. The number of hydrogen-bond donors (Lipinski definition) is 1. The molecular weight excluding hydrogens is 164 g/mol. The maximum Gasteiger partial charge on any atom is 0.110 e. The van der Waals surface area contributed by atoms with E-state index in [1.54, 1.807) is 0 Å². The van der Waals surface area contributed by atoms with Gasteiger partial charge in [0.2, 0.25) is 0 Å². The van der Waals surface area contributed by atoms with Crippen LogP contribution in [-0.2, 0) is 4.74 Å². The van der Waals surface area contributed by atoms with Gasteiger partial charge in [-0.2, -0.15) is 0 Å². The maximum absolute atomic E-state index is 10.1. The number of epoxide rings is 1. The van der Waals surface area contributed by atoms with Crippen LogP contribution in [0.15, 0.2) is 12.2 Å². The van der Waals surface area contributed by atoms with Crippen LogP contribution in [0.2, 0.25) is 0 Å². The summed E-state index contributed by atoms with van der Waals surface area (Å²) in [6, 6.07) is 0. The lowest BCUT2D eigenvalue weighted by atomic mass is 9.72. The molecular formula is C11H14O2. The molecule has 2 heteroatoms. The van der Waals surface area contributed by atoms with Crippen LogP contribution in [0.4, 0.5) is 0 Å². The molecule has 2 nitrogen and oxygen atoms in total.